The van der Waals surface area contributed by atoms with Gasteiger partial charge in [-0.25, -0.2) is 4.68 Å². The molecule has 6 heteroatoms. The monoisotopic (exact) mass is 275 g/mol. The van der Waals surface area contributed by atoms with E-state index in [1.165, 1.54) is 4.68 Å². The fraction of sp³-hybridized carbons (Fsp3) is 0.357. The van der Waals surface area contributed by atoms with Gasteiger partial charge in [-0.05, 0) is 6.07 Å². The molecule has 0 aliphatic carbocycles. The van der Waals surface area contributed by atoms with Gasteiger partial charge < -0.3 is 10.1 Å². The standard InChI is InChI=1S/C14H17N3O3/c1-17-14(19)11-6-4-3-5-10(11)12(16-17)9-13(18)15-7-8-20-2/h3-6H,7-9H2,1-2H3,(H,15,18). The maximum atomic E-state index is 12.0. The van der Waals surface area contributed by atoms with Gasteiger partial charge in [0.15, 0.2) is 0 Å². The summed E-state index contributed by atoms with van der Waals surface area (Å²) in [6, 6.07) is 7.18. The van der Waals surface area contributed by atoms with E-state index in [2.05, 4.69) is 10.4 Å². The van der Waals surface area contributed by atoms with Crippen molar-refractivity contribution in [2.24, 2.45) is 7.05 Å². The first-order chi connectivity index (χ1) is 9.63. The molecule has 20 heavy (non-hydrogen) atoms. The molecule has 1 amide bonds. The van der Waals surface area contributed by atoms with Gasteiger partial charge in [-0.1, -0.05) is 18.2 Å². The zero-order valence-corrected chi connectivity index (χ0v) is 11.5. The SMILES string of the molecule is COCCNC(=O)Cc1nn(C)c(=O)c2ccccc12. The van der Waals surface area contributed by atoms with Gasteiger partial charge in [-0.2, -0.15) is 5.10 Å². The molecule has 0 unspecified atom stereocenters. The molecule has 0 saturated carbocycles. The van der Waals surface area contributed by atoms with Crippen molar-refractivity contribution in [3.8, 4) is 0 Å². The van der Waals surface area contributed by atoms with Crippen molar-refractivity contribution >= 4 is 16.7 Å². The van der Waals surface area contributed by atoms with E-state index in [9.17, 15) is 9.59 Å². The highest BCUT2D eigenvalue weighted by Gasteiger charge is 2.11. The Morgan fingerprint density at radius 3 is 2.75 bits per heavy atom. The van der Waals surface area contributed by atoms with Crippen LogP contribution in [0.2, 0.25) is 0 Å². The summed E-state index contributed by atoms with van der Waals surface area (Å²) < 4.78 is 6.14. The number of hydrogen-bond donors (Lipinski definition) is 1. The van der Waals surface area contributed by atoms with E-state index in [4.69, 9.17) is 4.74 Å². The lowest BCUT2D eigenvalue weighted by atomic mass is 10.1. The number of amides is 1. The number of methoxy groups -OCH3 is 1. The Hall–Kier alpha value is -2.21. The van der Waals surface area contributed by atoms with Gasteiger partial charge in [0.1, 0.15) is 0 Å². The first-order valence-electron chi connectivity index (χ1n) is 6.34. The van der Waals surface area contributed by atoms with Gasteiger partial charge in [0, 0.05) is 26.1 Å². The second-order valence-corrected chi connectivity index (χ2v) is 4.44. The molecule has 0 aliphatic heterocycles. The Morgan fingerprint density at radius 2 is 2.05 bits per heavy atom. The Labute approximate surface area is 116 Å². The molecule has 0 radical (unpaired) electrons. The van der Waals surface area contributed by atoms with E-state index in [1.54, 1.807) is 26.3 Å². The number of rotatable bonds is 5. The number of carbonyl (C=O) groups excluding carboxylic acids is 1. The number of fused-ring (bicyclic) bond motifs is 1. The molecule has 1 aromatic carbocycles. The zero-order chi connectivity index (χ0) is 14.5. The van der Waals surface area contributed by atoms with Gasteiger partial charge >= 0.3 is 0 Å². The predicted octanol–water partition coefficient (Wildman–Crippen LogP) is 0.239. The Kier molecular flexibility index (Phi) is 4.47. The van der Waals surface area contributed by atoms with Crippen molar-refractivity contribution in [3.63, 3.8) is 0 Å². The topological polar surface area (TPSA) is 73.2 Å². The van der Waals surface area contributed by atoms with Gasteiger partial charge in [-0.15, -0.1) is 0 Å². The first-order valence-corrected chi connectivity index (χ1v) is 6.34. The summed E-state index contributed by atoms with van der Waals surface area (Å²) in [4.78, 5) is 23.8. The van der Waals surface area contributed by atoms with Crippen LogP contribution in [0.3, 0.4) is 0 Å². The van der Waals surface area contributed by atoms with Crippen LogP contribution < -0.4 is 10.9 Å². The van der Waals surface area contributed by atoms with Crippen LogP contribution in [0.5, 0.6) is 0 Å². The number of nitrogens with one attached hydrogen (secondary N) is 1. The van der Waals surface area contributed by atoms with E-state index in [-0.39, 0.29) is 17.9 Å². The van der Waals surface area contributed by atoms with E-state index >= 15 is 0 Å². The molecule has 1 heterocycles. The van der Waals surface area contributed by atoms with Gasteiger partial charge in [0.25, 0.3) is 5.56 Å². The molecular formula is C14H17N3O3. The fourth-order valence-corrected chi connectivity index (χ4v) is 2.01. The molecule has 2 rings (SSSR count). The number of benzene rings is 1. The van der Waals surface area contributed by atoms with Crippen molar-refractivity contribution in [2.45, 2.75) is 6.42 Å². The van der Waals surface area contributed by atoms with Crippen LogP contribution in [0.1, 0.15) is 5.69 Å². The average Bonchev–Trinajstić information content (AvgIpc) is 2.45. The maximum absolute atomic E-state index is 12.0. The highest BCUT2D eigenvalue weighted by atomic mass is 16.5. The van der Waals surface area contributed by atoms with Gasteiger partial charge in [-0.3, -0.25) is 9.59 Å². The summed E-state index contributed by atoms with van der Waals surface area (Å²) in [5, 5.41) is 8.21. The van der Waals surface area contributed by atoms with Crippen LogP contribution in [0.25, 0.3) is 10.8 Å². The van der Waals surface area contributed by atoms with Crippen molar-refractivity contribution in [3.05, 3.63) is 40.3 Å². The van der Waals surface area contributed by atoms with Crippen molar-refractivity contribution in [2.75, 3.05) is 20.3 Å². The molecule has 1 aromatic heterocycles. The minimum atomic E-state index is -0.163. The number of ether oxygens (including phenoxy) is 1. The van der Waals surface area contributed by atoms with Crippen LogP contribution in [-0.2, 0) is 23.0 Å². The van der Waals surface area contributed by atoms with Crippen LogP contribution in [0.15, 0.2) is 29.1 Å². The second kappa shape index (κ2) is 6.29. The lowest BCUT2D eigenvalue weighted by Crippen LogP contribution is -2.30. The lowest BCUT2D eigenvalue weighted by molar-refractivity contribution is -0.120. The van der Waals surface area contributed by atoms with Crippen molar-refractivity contribution in [1.29, 1.82) is 0 Å². The Balaban J connectivity index is 2.28. The van der Waals surface area contributed by atoms with Crippen LogP contribution in [0.4, 0.5) is 0 Å². The van der Waals surface area contributed by atoms with E-state index < -0.39 is 0 Å². The third-order valence-corrected chi connectivity index (χ3v) is 2.99. The lowest BCUT2D eigenvalue weighted by Gasteiger charge is -2.08. The van der Waals surface area contributed by atoms with Gasteiger partial charge in [0.2, 0.25) is 5.91 Å². The summed E-state index contributed by atoms with van der Waals surface area (Å²) in [6.45, 7) is 0.923. The van der Waals surface area contributed by atoms with Crippen LogP contribution in [-0.4, -0.2) is 35.9 Å². The minimum Gasteiger partial charge on any atom is -0.383 e. The second-order valence-electron chi connectivity index (χ2n) is 4.44. The molecule has 0 aliphatic rings. The number of carbonyl (C=O) groups is 1. The Bertz CT molecular complexity index is 679. The molecule has 0 bridgehead atoms. The molecule has 0 atom stereocenters. The smallest absolute Gasteiger partial charge is 0.274 e. The molecular weight excluding hydrogens is 258 g/mol. The molecule has 2 aromatic rings. The summed E-state index contributed by atoms with van der Waals surface area (Å²) in [5.74, 6) is -0.140. The van der Waals surface area contributed by atoms with Crippen LogP contribution >= 0.6 is 0 Å². The van der Waals surface area contributed by atoms with Gasteiger partial charge in [0.05, 0.1) is 24.1 Å². The number of hydrogen-bond acceptors (Lipinski definition) is 4. The third kappa shape index (κ3) is 3.03. The largest absolute Gasteiger partial charge is 0.383 e. The van der Waals surface area contributed by atoms with Crippen molar-refractivity contribution in [1.82, 2.24) is 15.1 Å². The fourth-order valence-electron chi connectivity index (χ4n) is 2.01. The summed E-state index contributed by atoms with van der Waals surface area (Å²) in [6.07, 6.45) is 0.137. The van der Waals surface area contributed by atoms with E-state index in [0.29, 0.717) is 24.2 Å². The van der Waals surface area contributed by atoms with Crippen LogP contribution in [0, 0.1) is 0 Å². The molecule has 106 valence electrons. The van der Waals surface area contributed by atoms with E-state index in [0.717, 1.165) is 5.39 Å². The molecule has 0 fully saturated rings. The zero-order valence-electron chi connectivity index (χ0n) is 11.5. The summed E-state index contributed by atoms with van der Waals surface area (Å²) in [7, 11) is 3.16. The average molecular weight is 275 g/mol. The summed E-state index contributed by atoms with van der Waals surface area (Å²) in [5.41, 5.74) is 0.432. The highest BCUT2D eigenvalue weighted by Crippen LogP contribution is 2.13. The quantitative estimate of drug-likeness (QED) is 0.793. The maximum Gasteiger partial charge on any atom is 0.274 e. The molecule has 0 spiro atoms. The first kappa shape index (κ1) is 14.2. The summed E-state index contributed by atoms with van der Waals surface area (Å²) >= 11 is 0. The molecule has 6 nitrogen and oxygen atoms in total. The van der Waals surface area contributed by atoms with Crippen molar-refractivity contribution < 1.29 is 9.53 Å². The predicted molar refractivity (Wildman–Crippen MR) is 75.6 cm³/mol. The minimum absolute atomic E-state index is 0.137. The van der Waals surface area contributed by atoms with E-state index in [1.807, 2.05) is 12.1 Å². The third-order valence-electron chi connectivity index (χ3n) is 2.99. The number of nitrogens with zero attached hydrogens (tertiary/aromatic N) is 2. The number of aryl methyl sites for hydroxylation is 1. The number of aromatic nitrogens is 2. The molecule has 0 saturated heterocycles. The normalized spacial score (nSPS) is 10.7. The highest BCUT2D eigenvalue weighted by molar-refractivity contribution is 5.88. The Morgan fingerprint density at radius 1 is 1.35 bits per heavy atom. The molecule has 1 N–H and O–H groups in total.